The second-order valence-corrected chi connectivity index (χ2v) is 7.05. The fraction of sp³-hybridized carbons (Fsp3) is 1.00. The van der Waals surface area contributed by atoms with E-state index < -0.39 is 0 Å². The largest absolute Gasteiger partial charge is 0.0654 e. The Hall–Kier alpha value is 0. The zero-order valence-corrected chi connectivity index (χ0v) is 15.1. The third kappa shape index (κ3) is 13.0. The first-order valence-electron chi connectivity index (χ1n) is 9.74. The summed E-state index contributed by atoms with van der Waals surface area (Å²) in [6.45, 7) is 9.46. The van der Waals surface area contributed by atoms with Crippen LogP contribution in [0.5, 0.6) is 0 Å². The minimum atomic E-state index is 0.958. The Bertz CT molecular complexity index is 173. The molecular weight excluding hydrogens is 240 g/mol. The van der Waals surface area contributed by atoms with Crippen LogP contribution in [0.15, 0.2) is 0 Å². The summed E-state index contributed by atoms with van der Waals surface area (Å²) in [5.41, 5.74) is 0. The molecule has 0 fully saturated rings. The van der Waals surface area contributed by atoms with Crippen molar-refractivity contribution in [1.82, 2.24) is 0 Å². The lowest BCUT2D eigenvalue weighted by Gasteiger charge is -2.20. The van der Waals surface area contributed by atoms with Crippen LogP contribution in [0.4, 0.5) is 0 Å². The van der Waals surface area contributed by atoms with E-state index in [1.165, 1.54) is 89.9 Å². The molecule has 0 heteroatoms. The van der Waals surface area contributed by atoms with Crippen LogP contribution in [-0.2, 0) is 0 Å². The molecule has 0 nitrogen and oxygen atoms in total. The molecule has 0 bridgehead atoms. The molecule has 0 aromatic rings. The maximum Gasteiger partial charge on any atom is -0.0412 e. The van der Waals surface area contributed by atoms with Crippen LogP contribution in [0.25, 0.3) is 0 Å². The molecule has 122 valence electrons. The van der Waals surface area contributed by atoms with Crippen LogP contribution in [0.2, 0.25) is 0 Å². The fourth-order valence-electron chi connectivity index (χ4n) is 3.43. The molecule has 0 rings (SSSR count). The van der Waals surface area contributed by atoms with E-state index in [4.69, 9.17) is 0 Å². The minimum absolute atomic E-state index is 0.958. The summed E-state index contributed by atoms with van der Waals surface area (Å²) in [4.78, 5) is 0. The summed E-state index contributed by atoms with van der Waals surface area (Å²) < 4.78 is 0. The molecule has 0 spiro atoms. The highest BCUT2D eigenvalue weighted by Crippen LogP contribution is 2.26. The lowest BCUT2D eigenvalue weighted by molar-refractivity contribution is 0.320. The standard InChI is InChI=1S/C20H42/c1-5-8-10-11-12-14-16-19(4)18-20(15-7-3)17-13-9-6-2/h19-20H,5-18H2,1-4H3. The van der Waals surface area contributed by atoms with Crippen molar-refractivity contribution in [2.45, 2.75) is 118 Å². The molecule has 0 aliphatic rings. The average molecular weight is 283 g/mol. The van der Waals surface area contributed by atoms with Gasteiger partial charge >= 0.3 is 0 Å². The molecule has 2 unspecified atom stereocenters. The van der Waals surface area contributed by atoms with Crippen molar-refractivity contribution in [3.8, 4) is 0 Å². The van der Waals surface area contributed by atoms with Crippen molar-refractivity contribution in [1.29, 1.82) is 0 Å². The Morgan fingerprint density at radius 2 is 1.10 bits per heavy atom. The second-order valence-electron chi connectivity index (χ2n) is 7.05. The first kappa shape index (κ1) is 20.0. The highest BCUT2D eigenvalue weighted by molar-refractivity contribution is 4.64. The molecule has 0 saturated carbocycles. The smallest absolute Gasteiger partial charge is 0.0412 e. The molecule has 0 heterocycles. The molecule has 0 aliphatic heterocycles. The molecule has 0 radical (unpaired) electrons. The van der Waals surface area contributed by atoms with Crippen molar-refractivity contribution in [2.24, 2.45) is 11.8 Å². The Kier molecular flexibility index (Phi) is 15.4. The topological polar surface area (TPSA) is 0 Å². The van der Waals surface area contributed by atoms with Gasteiger partial charge in [0.2, 0.25) is 0 Å². The van der Waals surface area contributed by atoms with Crippen LogP contribution >= 0.6 is 0 Å². The van der Waals surface area contributed by atoms with E-state index >= 15 is 0 Å². The van der Waals surface area contributed by atoms with Crippen LogP contribution in [0.1, 0.15) is 118 Å². The van der Waals surface area contributed by atoms with Crippen LogP contribution in [0, 0.1) is 11.8 Å². The number of hydrogen-bond acceptors (Lipinski definition) is 0. The summed E-state index contributed by atoms with van der Waals surface area (Å²) in [6, 6.07) is 0. The maximum atomic E-state index is 2.49. The molecule has 0 aromatic carbocycles. The highest BCUT2D eigenvalue weighted by Gasteiger charge is 2.12. The van der Waals surface area contributed by atoms with Gasteiger partial charge in [0.25, 0.3) is 0 Å². The fourth-order valence-corrected chi connectivity index (χ4v) is 3.43. The highest BCUT2D eigenvalue weighted by atomic mass is 14.2. The molecule has 0 aliphatic carbocycles. The van der Waals surface area contributed by atoms with E-state index in [9.17, 15) is 0 Å². The third-order valence-corrected chi connectivity index (χ3v) is 4.70. The Morgan fingerprint density at radius 1 is 0.550 bits per heavy atom. The van der Waals surface area contributed by atoms with Gasteiger partial charge < -0.3 is 0 Å². The zero-order chi connectivity index (χ0) is 15.1. The molecule has 0 N–H and O–H groups in total. The Balaban J connectivity index is 3.63. The van der Waals surface area contributed by atoms with Gasteiger partial charge in [-0.25, -0.2) is 0 Å². The van der Waals surface area contributed by atoms with Gasteiger partial charge in [-0.15, -0.1) is 0 Å². The average Bonchev–Trinajstić information content (AvgIpc) is 2.43. The van der Waals surface area contributed by atoms with E-state index in [1.807, 2.05) is 0 Å². The first-order chi connectivity index (χ1) is 9.74. The van der Waals surface area contributed by atoms with E-state index in [0.717, 1.165) is 11.8 Å². The van der Waals surface area contributed by atoms with E-state index in [0.29, 0.717) is 0 Å². The van der Waals surface area contributed by atoms with Crippen molar-refractivity contribution >= 4 is 0 Å². The van der Waals surface area contributed by atoms with Gasteiger partial charge in [-0.05, 0) is 18.3 Å². The number of unbranched alkanes of at least 4 members (excludes halogenated alkanes) is 7. The quantitative estimate of drug-likeness (QED) is 0.269. The van der Waals surface area contributed by atoms with E-state index in [1.54, 1.807) is 0 Å². The molecule has 0 aromatic heterocycles. The summed E-state index contributed by atoms with van der Waals surface area (Å²) >= 11 is 0. The predicted octanol–water partition coefficient (Wildman–Crippen LogP) is 7.76. The van der Waals surface area contributed by atoms with E-state index in [2.05, 4.69) is 27.7 Å². The monoisotopic (exact) mass is 282 g/mol. The lowest BCUT2D eigenvalue weighted by atomic mass is 9.86. The maximum absolute atomic E-state index is 2.49. The lowest BCUT2D eigenvalue weighted by Crippen LogP contribution is -2.07. The van der Waals surface area contributed by atoms with Crippen LogP contribution in [-0.4, -0.2) is 0 Å². The predicted molar refractivity (Wildman–Crippen MR) is 94.3 cm³/mol. The zero-order valence-electron chi connectivity index (χ0n) is 15.1. The molecular formula is C20H42. The third-order valence-electron chi connectivity index (χ3n) is 4.70. The van der Waals surface area contributed by atoms with Gasteiger partial charge in [0.1, 0.15) is 0 Å². The van der Waals surface area contributed by atoms with Gasteiger partial charge in [-0.1, -0.05) is 111 Å². The van der Waals surface area contributed by atoms with Crippen molar-refractivity contribution in [2.75, 3.05) is 0 Å². The molecule has 20 heavy (non-hydrogen) atoms. The first-order valence-corrected chi connectivity index (χ1v) is 9.74. The molecule has 0 amide bonds. The minimum Gasteiger partial charge on any atom is -0.0654 e. The van der Waals surface area contributed by atoms with Crippen LogP contribution < -0.4 is 0 Å². The molecule has 0 saturated heterocycles. The normalized spacial score (nSPS) is 14.4. The van der Waals surface area contributed by atoms with Gasteiger partial charge in [-0.3, -0.25) is 0 Å². The van der Waals surface area contributed by atoms with Crippen molar-refractivity contribution in [3.63, 3.8) is 0 Å². The Morgan fingerprint density at radius 3 is 1.75 bits per heavy atom. The van der Waals surface area contributed by atoms with Gasteiger partial charge in [0.05, 0.1) is 0 Å². The van der Waals surface area contributed by atoms with Crippen molar-refractivity contribution < 1.29 is 0 Å². The van der Waals surface area contributed by atoms with Crippen LogP contribution in [0.3, 0.4) is 0 Å². The van der Waals surface area contributed by atoms with E-state index in [-0.39, 0.29) is 0 Å². The summed E-state index contributed by atoms with van der Waals surface area (Å²) in [5, 5.41) is 0. The van der Waals surface area contributed by atoms with Crippen molar-refractivity contribution in [3.05, 3.63) is 0 Å². The van der Waals surface area contributed by atoms with Gasteiger partial charge in [-0.2, -0.15) is 0 Å². The summed E-state index contributed by atoms with van der Waals surface area (Å²) in [7, 11) is 0. The SMILES string of the molecule is CCCCCCCCC(C)CC(CCC)CCCCC. The summed E-state index contributed by atoms with van der Waals surface area (Å²) in [5.74, 6) is 1.97. The number of hydrogen-bond donors (Lipinski definition) is 0. The van der Waals surface area contributed by atoms with Gasteiger partial charge in [0.15, 0.2) is 0 Å². The van der Waals surface area contributed by atoms with Gasteiger partial charge in [0, 0.05) is 0 Å². The summed E-state index contributed by atoms with van der Waals surface area (Å²) in [6.07, 6.45) is 20.2. The second kappa shape index (κ2) is 15.4. The molecule has 2 atom stereocenters. The number of rotatable bonds is 15. The Labute approximate surface area is 130 Å².